The maximum atomic E-state index is 10.2. The molecule has 0 amide bonds. The second-order valence-corrected chi connectivity index (χ2v) is 1.59. The Morgan fingerprint density at radius 1 is 1.33 bits per heavy atom. The summed E-state index contributed by atoms with van der Waals surface area (Å²) in [5.74, 6) is -3.77. The first kappa shape index (κ1) is 13.9. The molecule has 0 unspecified atom stereocenters. The van der Waals surface area contributed by atoms with Crippen LogP contribution in [0.25, 0.3) is 0 Å². The monoisotopic (exact) mass is 230 g/mol. The number of rotatable bonds is 2. The van der Waals surface area contributed by atoms with E-state index in [0.29, 0.717) is 0 Å². The van der Waals surface area contributed by atoms with Crippen LogP contribution in [0.1, 0.15) is 0 Å². The zero-order valence-electron chi connectivity index (χ0n) is 5.78. The quantitative estimate of drug-likeness (QED) is 0.212. The van der Waals surface area contributed by atoms with E-state index in [4.69, 9.17) is 15.3 Å². The van der Waals surface area contributed by atoms with Gasteiger partial charge < -0.3 is 14.3 Å². The van der Waals surface area contributed by atoms with E-state index in [0.717, 1.165) is 17.4 Å². The third-order valence-corrected chi connectivity index (χ3v) is 0.762. The number of Topliss-reactive ketones (excluding diaryl/α,β-unsaturated/α-hetero) is 1. The second kappa shape index (κ2) is 8.45. The molecule has 7 heteroatoms. The van der Waals surface area contributed by atoms with Crippen LogP contribution in [-0.2, 0) is 40.2 Å². The van der Waals surface area contributed by atoms with Gasteiger partial charge in [0, 0.05) is 0 Å². The van der Waals surface area contributed by atoms with Crippen molar-refractivity contribution in [3.8, 4) is 0 Å². The zero-order valence-corrected chi connectivity index (χ0v) is 7.93. The first-order chi connectivity index (χ1) is 5.57. The van der Waals surface area contributed by atoms with Gasteiger partial charge in [0.15, 0.2) is 0 Å². The molecule has 67 valence electrons. The molecule has 0 aromatic rings. The fraction of sp³-hybridized carbons (Fsp3) is 0.200. The molecule has 0 radical (unpaired) electrons. The van der Waals surface area contributed by atoms with Gasteiger partial charge in [-0.3, -0.25) is 4.79 Å². The van der Waals surface area contributed by atoms with Crippen LogP contribution in [0.3, 0.4) is 0 Å². The normalized spacial score (nSPS) is 7.33. The Morgan fingerprint density at radius 2 is 1.75 bits per heavy atom. The van der Waals surface area contributed by atoms with Crippen molar-refractivity contribution in [1.82, 2.24) is 0 Å². The van der Waals surface area contributed by atoms with E-state index < -0.39 is 23.6 Å². The molecule has 12 heavy (non-hydrogen) atoms. The molecule has 0 saturated carbocycles. The molecule has 0 saturated heterocycles. The van der Waals surface area contributed by atoms with E-state index in [-0.39, 0.29) is 0 Å². The molecule has 0 aliphatic carbocycles. The van der Waals surface area contributed by atoms with Gasteiger partial charge in [-0.2, -0.15) is 6.92 Å². The maximum absolute atomic E-state index is 10.2. The Bertz CT molecular complexity index is 192. The Kier molecular flexibility index (Phi) is 9.80. The minimum atomic E-state index is -1.29. The number of ketones is 1. The first-order valence-electron chi connectivity index (χ1n) is 2.43. The molecule has 0 aromatic heterocycles. The summed E-state index contributed by atoms with van der Waals surface area (Å²) >= 11 is 6.00. The molecule has 0 N–H and O–H groups in total. The van der Waals surface area contributed by atoms with Gasteiger partial charge in [0.2, 0.25) is 5.97 Å². The van der Waals surface area contributed by atoms with Crippen molar-refractivity contribution in [3.05, 3.63) is 6.92 Å². The standard InChI is InChI=1S/C5H4ClO4.O.V/c1-3(7)5(9)10-4(8)2-6;;/h1-2H2;;/q-1;;. The molecule has 5 nitrogen and oxygen atoms in total. The van der Waals surface area contributed by atoms with Crippen molar-refractivity contribution < 1.29 is 40.2 Å². The van der Waals surface area contributed by atoms with Crippen molar-refractivity contribution in [2.75, 3.05) is 5.88 Å². The van der Waals surface area contributed by atoms with Crippen molar-refractivity contribution in [1.29, 1.82) is 0 Å². The van der Waals surface area contributed by atoms with E-state index in [1.807, 2.05) is 0 Å². The first-order valence-corrected chi connectivity index (χ1v) is 3.53. The molecule has 0 atom stereocenters. The molecular formula is C5H4ClO5V-. The summed E-state index contributed by atoms with van der Waals surface area (Å²) in [6.45, 7) is 2.72. The summed E-state index contributed by atoms with van der Waals surface area (Å²) in [4.78, 5) is 30.4. The summed E-state index contributed by atoms with van der Waals surface area (Å²) < 4.78 is 12.0. The van der Waals surface area contributed by atoms with Crippen LogP contribution in [-0.4, -0.2) is 23.6 Å². The Hall–Kier alpha value is -0.646. The van der Waals surface area contributed by atoms with Gasteiger partial charge in [0.1, 0.15) is 5.88 Å². The number of hydrogen-bond acceptors (Lipinski definition) is 5. The molecule has 0 spiro atoms. The van der Waals surface area contributed by atoms with Gasteiger partial charge in [-0.1, -0.05) is 0 Å². The summed E-state index contributed by atoms with van der Waals surface area (Å²) in [5.41, 5.74) is 0. The van der Waals surface area contributed by atoms with E-state index in [1.54, 1.807) is 0 Å². The third kappa shape index (κ3) is 7.46. The summed E-state index contributed by atoms with van der Waals surface area (Å²) in [5, 5.41) is 0. The van der Waals surface area contributed by atoms with Crippen LogP contribution in [0.5, 0.6) is 0 Å². The van der Waals surface area contributed by atoms with Gasteiger partial charge in [0.05, 0.1) is 5.78 Å². The van der Waals surface area contributed by atoms with E-state index >= 15 is 0 Å². The van der Waals surface area contributed by atoms with E-state index in [1.165, 1.54) is 0 Å². The molecule has 0 aliphatic rings. The average Bonchev–Trinajstić information content (AvgIpc) is 2.07. The molecular weight excluding hydrogens is 226 g/mol. The molecule has 0 bridgehead atoms. The van der Waals surface area contributed by atoms with Crippen LogP contribution in [0.4, 0.5) is 0 Å². The third-order valence-electron chi connectivity index (χ3n) is 0.543. The van der Waals surface area contributed by atoms with E-state index in [2.05, 4.69) is 11.7 Å². The van der Waals surface area contributed by atoms with Crippen LogP contribution >= 0.6 is 11.6 Å². The SMILES string of the molecule is [CH2-]C(=O)C(=O)OC(=O)CCl.[O]=[V]. The van der Waals surface area contributed by atoms with Gasteiger partial charge in [0.25, 0.3) is 0 Å². The number of hydrogen-bond donors (Lipinski definition) is 0. The molecule has 0 heterocycles. The summed E-state index contributed by atoms with van der Waals surface area (Å²) in [6.07, 6.45) is 0. The fourth-order valence-corrected chi connectivity index (χ4v) is 0.242. The van der Waals surface area contributed by atoms with E-state index in [9.17, 15) is 14.4 Å². The Balaban J connectivity index is 0. The minimum absolute atomic E-state index is 0.459. The van der Waals surface area contributed by atoms with Gasteiger partial charge in [-0.05, 0) is 0 Å². The van der Waals surface area contributed by atoms with Gasteiger partial charge in [-0.15, -0.1) is 11.6 Å². The topological polar surface area (TPSA) is 77.5 Å². The molecule has 0 aliphatic heterocycles. The fourth-order valence-electron chi connectivity index (χ4n) is 0.188. The summed E-state index contributed by atoms with van der Waals surface area (Å²) in [7, 11) is 0. The van der Waals surface area contributed by atoms with Crippen LogP contribution in [0.15, 0.2) is 0 Å². The molecule has 0 aromatic carbocycles. The number of alkyl halides is 1. The number of halogens is 1. The number of esters is 2. The van der Waals surface area contributed by atoms with Crippen LogP contribution < -0.4 is 0 Å². The van der Waals surface area contributed by atoms with Gasteiger partial charge in [-0.25, -0.2) is 0 Å². The van der Waals surface area contributed by atoms with Gasteiger partial charge >= 0.3 is 27.0 Å². The molecule has 0 fully saturated rings. The summed E-state index contributed by atoms with van der Waals surface area (Å²) in [6, 6.07) is 0. The van der Waals surface area contributed by atoms with Crippen molar-refractivity contribution in [2.24, 2.45) is 0 Å². The Labute approximate surface area is 82.6 Å². The zero-order chi connectivity index (χ0) is 10.1. The van der Waals surface area contributed by atoms with Crippen molar-refractivity contribution >= 4 is 29.3 Å². The van der Waals surface area contributed by atoms with Crippen molar-refractivity contribution in [2.45, 2.75) is 0 Å². The number of carbonyl (C=O) groups excluding carboxylic acids is 3. The number of carbonyl (C=O) groups is 3. The molecule has 0 rings (SSSR count). The second-order valence-electron chi connectivity index (χ2n) is 1.32. The van der Waals surface area contributed by atoms with Crippen LogP contribution in [0, 0.1) is 6.92 Å². The predicted molar refractivity (Wildman–Crippen MR) is 32.9 cm³/mol. The predicted octanol–water partition coefficient (Wildman–Crippen LogP) is -0.423. The average molecular weight is 230 g/mol. The Morgan fingerprint density at radius 3 is 2.00 bits per heavy atom. The van der Waals surface area contributed by atoms with Crippen LogP contribution in [0.2, 0.25) is 0 Å². The van der Waals surface area contributed by atoms with Crippen molar-refractivity contribution in [3.63, 3.8) is 0 Å². The number of ether oxygens (including phenoxy) is 1.